The first kappa shape index (κ1) is 14.4. The average molecular weight is 304 g/mol. The Bertz CT molecular complexity index is 639. The van der Waals surface area contributed by atoms with Crippen molar-refractivity contribution < 1.29 is 9.47 Å². The van der Waals surface area contributed by atoms with Crippen molar-refractivity contribution in [3.63, 3.8) is 0 Å². The van der Waals surface area contributed by atoms with Crippen LogP contribution >= 0.6 is 11.3 Å². The third-order valence-electron chi connectivity index (χ3n) is 3.68. The van der Waals surface area contributed by atoms with Crippen LogP contribution in [0, 0.1) is 6.92 Å². The molecule has 4 nitrogen and oxygen atoms in total. The molecule has 0 radical (unpaired) electrons. The first-order valence-electron chi connectivity index (χ1n) is 7.26. The summed E-state index contributed by atoms with van der Waals surface area (Å²) in [6.07, 6.45) is 0.972. The number of thiazole rings is 1. The van der Waals surface area contributed by atoms with E-state index in [9.17, 15) is 0 Å². The molecule has 1 aromatic heterocycles. The largest absolute Gasteiger partial charge is 0.486 e. The number of rotatable bonds is 4. The van der Waals surface area contributed by atoms with Gasteiger partial charge >= 0.3 is 0 Å². The Morgan fingerprint density at radius 3 is 2.71 bits per heavy atom. The van der Waals surface area contributed by atoms with E-state index >= 15 is 0 Å². The molecule has 3 rings (SSSR count). The third kappa shape index (κ3) is 2.76. The van der Waals surface area contributed by atoms with Gasteiger partial charge in [-0.05, 0) is 38.1 Å². The van der Waals surface area contributed by atoms with Crippen LogP contribution in [0.25, 0.3) is 0 Å². The minimum atomic E-state index is 0.0878. The lowest BCUT2D eigenvalue weighted by molar-refractivity contribution is 0.171. The maximum absolute atomic E-state index is 5.67. The van der Waals surface area contributed by atoms with E-state index < -0.39 is 0 Å². The SMILES string of the molecule is CCc1nc(C(NC)c2ccc3c(c2)OCCO3)sc1C. The van der Waals surface area contributed by atoms with E-state index in [4.69, 9.17) is 14.5 Å². The van der Waals surface area contributed by atoms with Crippen molar-refractivity contribution in [1.29, 1.82) is 0 Å². The van der Waals surface area contributed by atoms with Crippen LogP contribution in [0.3, 0.4) is 0 Å². The zero-order valence-electron chi connectivity index (χ0n) is 12.6. The molecular formula is C16H20N2O2S. The quantitative estimate of drug-likeness (QED) is 0.942. The molecule has 0 saturated carbocycles. The number of fused-ring (bicyclic) bond motifs is 1. The first-order valence-corrected chi connectivity index (χ1v) is 8.07. The van der Waals surface area contributed by atoms with Crippen molar-refractivity contribution in [2.45, 2.75) is 26.3 Å². The number of ether oxygens (including phenoxy) is 2. The molecule has 0 bridgehead atoms. The molecular weight excluding hydrogens is 284 g/mol. The summed E-state index contributed by atoms with van der Waals surface area (Å²) >= 11 is 1.76. The smallest absolute Gasteiger partial charge is 0.161 e. The molecule has 0 amide bonds. The van der Waals surface area contributed by atoms with Crippen LogP contribution in [0.15, 0.2) is 18.2 Å². The topological polar surface area (TPSA) is 43.4 Å². The van der Waals surface area contributed by atoms with Crippen molar-refractivity contribution in [3.05, 3.63) is 39.3 Å². The number of aryl methyl sites for hydroxylation is 2. The standard InChI is InChI=1S/C16H20N2O2S/c1-4-12-10(2)21-16(18-12)15(17-3)11-5-6-13-14(9-11)20-8-7-19-13/h5-6,9,15,17H,4,7-8H2,1-3H3. The first-order chi connectivity index (χ1) is 10.2. The molecule has 1 aliphatic rings. The Balaban J connectivity index is 1.95. The molecule has 2 aromatic rings. The molecule has 1 aliphatic heterocycles. The average Bonchev–Trinajstić information content (AvgIpc) is 2.88. The third-order valence-corrected chi connectivity index (χ3v) is 4.76. The fraction of sp³-hybridized carbons (Fsp3) is 0.438. The molecule has 21 heavy (non-hydrogen) atoms. The minimum Gasteiger partial charge on any atom is -0.486 e. The highest BCUT2D eigenvalue weighted by Gasteiger charge is 2.20. The lowest BCUT2D eigenvalue weighted by atomic mass is 10.1. The van der Waals surface area contributed by atoms with E-state index in [1.54, 1.807) is 11.3 Å². The van der Waals surface area contributed by atoms with Gasteiger partial charge in [0.05, 0.1) is 11.7 Å². The van der Waals surface area contributed by atoms with Crippen LogP contribution < -0.4 is 14.8 Å². The fourth-order valence-corrected chi connectivity index (χ4v) is 3.72. The van der Waals surface area contributed by atoms with Gasteiger partial charge in [0.25, 0.3) is 0 Å². The fourth-order valence-electron chi connectivity index (χ4n) is 2.57. The molecule has 2 heterocycles. The highest BCUT2D eigenvalue weighted by molar-refractivity contribution is 7.11. The van der Waals surface area contributed by atoms with E-state index in [2.05, 4.69) is 31.3 Å². The molecule has 5 heteroatoms. The second-order valence-electron chi connectivity index (χ2n) is 5.03. The van der Waals surface area contributed by atoms with E-state index in [-0.39, 0.29) is 6.04 Å². The Morgan fingerprint density at radius 2 is 2.05 bits per heavy atom. The number of nitrogens with one attached hydrogen (secondary N) is 1. The maximum atomic E-state index is 5.67. The molecule has 112 valence electrons. The highest BCUT2D eigenvalue weighted by Crippen LogP contribution is 2.35. The van der Waals surface area contributed by atoms with Crippen molar-refractivity contribution in [2.24, 2.45) is 0 Å². The normalized spacial score (nSPS) is 15.0. The number of hydrogen-bond donors (Lipinski definition) is 1. The van der Waals surface area contributed by atoms with Crippen LogP contribution in [0.1, 0.15) is 34.1 Å². The monoisotopic (exact) mass is 304 g/mol. The summed E-state index contributed by atoms with van der Waals surface area (Å²) in [6, 6.07) is 6.20. The zero-order chi connectivity index (χ0) is 14.8. The maximum Gasteiger partial charge on any atom is 0.161 e. The van der Waals surface area contributed by atoms with Gasteiger partial charge in [-0.25, -0.2) is 4.98 Å². The summed E-state index contributed by atoms with van der Waals surface area (Å²) in [5.74, 6) is 1.65. The lowest BCUT2D eigenvalue weighted by Gasteiger charge is -2.21. The van der Waals surface area contributed by atoms with Crippen LogP contribution in [0.5, 0.6) is 11.5 Å². The van der Waals surface area contributed by atoms with E-state index in [1.165, 1.54) is 10.6 Å². The Hall–Kier alpha value is -1.59. The number of hydrogen-bond acceptors (Lipinski definition) is 5. The molecule has 1 unspecified atom stereocenters. The van der Waals surface area contributed by atoms with Gasteiger partial charge in [0, 0.05) is 4.88 Å². The number of nitrogens with zero attached hydrogens (tertiary/aromatic N) is 1. The molecule has 0 aliphatic carbocycles. The molecule has 0 spiro atoms. The highest BCUT2D eigenvalue weighted by atomic mass is 32.1. The second kappa shape index (κ2) is 6.03. The van der Waals surface area contributed by atoms with E-state index in [1.807, 2.05) is 13.1 Å². The molecule has 1 N–H and O–H groups in total. The van der Waals surface area contributed by atoms with Gasteiger partial charge in [-0.15, -0.1) is 11.3 Å². The van der Waals surface area contributed by atoms with Gasteiger partial charge < -0.3 is 14.8 Å². The summed E-state index contributed by atoms with van der Waals surface area (Å²) in [4.78, 5) is 6.07. The predicted molar refractivity (Wildman–Crippen MR) is 84.6 cm³/mol. The van der Waals surface area contributed by atoms with Gasteiger partial charge in [-0.2, -0.15) is 0 Å². The summed E-state index contributed by atoms with van der Waals surface area (Å²) in [5.41, 5.74) is 2.34. The predicted octanol–water partition coefficient (Wildman–Crippen LogP) is 3.09. The summed E-state index contributed by atoms with van der Waals surface area (Å²) < 4.78 is 11.3. The van der Waals surface area contributed by atoms with Gasteiger partial charge in [-0.3, -0.25) is 0 Å². The van der Waals surface area contributed by atoms with Crippen LogP contribution in [-0.4, -0.2) is 25.2 Å². The second-order valence-corrected chi connectivity index (χ2v) is 6.27. The van der Waals surface area contributed by atoms with Gasteiger partial charge in [-0.1, -0.05) is 13.0 Å². The van der Waals surface area contributed by atoms with Crippen molar-refractivity contribution in [1.82, 2.24) is 10.3 Å². The Kier molecular flexibility index (Phi) is 4.12. The van der Waals surface area contributed by atoms with Crippen molar-refractivity contribution in [2.75, 3.05) is 20.3 Å². The van der Waals surface area contributed by atoms with Crippen molar-refractivity contribution in [3.8, 4) is 11.5 Å². The van der Waals surface area contributed by atoms with Crippen LogP contribution in [-0.2, 0) is 6.42 Å². The van der Waals surface area contributed by atoms with E-state index in [0.29, 0.717) is 13.2 Å². The summed E-state index contributed by atoms with van der Waals surface area (Å²) in [7, 11) is 1.96. The lowest BCUT2D eigenvalue weighted by Crippen LogP contribution is -2.19. The van der Waals surface area contributed by atoms with Gasteiger partial charge in [0.15, 0.2) is 11.5 Å². The van der Waals surface area contributed by atoms with Crippen molar-refractivity contribution >= 4 is 11.3 Å². The summed E-state index contributed by atoms with van der Waals surface area (Å²) in [6.45, 7) is 5.51. The Morgan fingerprint density at radius 1 is 1.29 bits per heavy atom. The molecule has 0 fully saturated rings. The van der Waals surface area contributed by atoms with Crippen LogP contribution in [0.2, 0.25) is 0 Å². The Labute approximate surface area is 129 Å². The minimum absolute atomic E-state index is 0.0878. The number of aromatic nitrogens is 1. The molecule has 1 atom stereocenters. The van der Waals surface area contributed by atoms with Crippen LogP contribution in [0.4, 0.5) is 0 Å². The van der Waals surface area contributed by atoms with Gasteiger partial charge in [0.1, 0.15) is 18.2 Å². The van der Waals surface area contributed by atoms with Gasteiger partial charge in [0.2, 0.25) is 0 Å². The molecule has 1 aromatic carbocycles. The summed E-state index contributed by atoms with van der Waals surface area (Å²) in [5, 5.41) is 4.46. The van der Waals surface area contributed by atoms with E-state index in [0.717, 1.165) is 28.5 Å². The molecule has 0 saturated heterocycles. The number of benzene rings is 1. The zero-order valence-corrected chi connectivity index (χ0v) is 13.4.